The fraction of sp³-hybridized carbons (Fsp3) is 0.0769. The molecule has 0 saturated heterocycles. The zero-order valence-corrected chi connectivity index (χ0v) is 19.4. The van der Waals surface area contributed by atoms with Gasteiger partial charge in [0.15, 0.2) is 13.2 Å². The van der Waals surface area contributed by atoms with Gasteiger partial charge in [0.05, 0.1) is 11.4 Å². The fourth-order valence-electron chi connectivity index (χ4n) is 3.18. The Morgan fingerprint density at radius 3 is 1.38 bits per heavy atom. The van der Waals surface area contributed by atoms with Crippen molar-refractivity contribution in [3.63, 3.8) is 0 Å². The normalized spacial score (nSPS) is 10.5. The van der Waals surface area contributed by atoms with Gasteiger partial charge in [0.2, 0.25) is 0 Å². The quantitative estimate of drug-likeness (QED) is 0.306. The van der Waals surface area contributed by atoms with Gasteiger partial charge in [0.1, 0.15) is 11.5 Å². The number of nitrogens with one attached hydrogen (secondary N) is 2. The number of carbonyl (C=O) groups is 2. The Morgan fingerprint density at radius 1 is 0.618 bits per heavy atom. The molecule has 0 spiro atoms. The Kier molecular flexibility index (Phi) is 7.52. The summed E-state index contributed by atoms with van der Waals surface area (Å²) in [5, 5.41) is 8.59. The molecule has 0 atom stereocenters. The number of ether oxygens (including phenoxy) is 2. The number of hydrogen-bond acceptors (Lipinski definition) is 4. The van der Waals surface area contributed by atoms with Gasteiger partial charge in [-0.25, -0.2) is 0 Å². The van der Waals surface area contributed by atoms with Crippen LogP contribution in [-0.4, -0.2) is 25.0 Å². The average Bonchev–Trinajstić information content (AvgIpc) is 2.84. The number of rotatable bonds is 8. The van der Waals surface area contributed by atoms with Gasteiger partial charge in [0, 0.05) is 10.0 Å². The van der Waals surface area contributed by atoms with Gasteiger partial charge in [-0.2, -0.15) is 0 Å². The van der Waals surface area contributed by atoms with Crippen molar-refractivity contribution in [2.45, 2.75) is 0 Å². The summed E-state index contributed by atoms with van der Waals surface area (Å²) in [5.41, 5.74) is 0.895. The minimum absolute atomic E-state index is 0.207. The van der Waals surface area contributed by atoms with Crippen LogP contribution in [0.5, 0.6) is 11.5 Å². The molecule has 0 aliphatic carbocycles. The first-order valence-electron chi connectivity index (χ1n) is 10.4. The molecule has 0 unspecified atom stereocenters. The SMILES string of the molecule is O=C(COc1ccc(Cl)cc1)Nc1cc2ccccc2cc1NC(=O)COc1ccc(Cl)cc1. The summed E-state index contributed by atoms with van der Waals surface area (Å²) < 4.78 is 11.0. The highest BCUT2D eigenvalue weighted by Gasteiger charge is 2.13. The van der Waals surface area contributed by atoms with Crippen LogP contribution >= 0.6 is 23.2 Å². The molecule has 0 aliphatic heterocycles. The van der Waals surface area contributed by atoms with Gasteiger partial charge in [-0.15, -0.1) is 0 Å². The summed E-state index contributed by atoms with van der Waals surface area (Å²) in [4.78, 5) is 25.1. The Balaban J connectivity index is 1.45. The average molecular weight is 495 g/mol. The second-order valence-electron chi connectivity index (χ2n) is 7.33. The van der Waals surface area contributed by atoms with Crippen molar-refractivity contribution in [2.75, 3.05) is 23.8 Å². The predicted molar refractivity (Wildman–Crippen MR) is 135 cm³/mol. The number of fused-ring (bicyclic) bond motifs is 1. The molecule has 8 heteroatoms. The van der Waals surface area contributed by atoms with E-state index in [-0.39, 0.29) is 25.0 Å². The molecule has 0 radical (unpaired) electrons. The summed E-state index contributed by atoms with van der Waals surface area (Å²) in [5.74, 6) is 0.285. The van der Waals surface area contributed by atoms with E-state index in [4.69, 9.17) is 32.7 Å². The number of halogens is 2. The molecule has 0 saturated carbocycles. The van der Waals surface area contributed by atoms with Crippen LogP contribution in [0.15, 0.2) is 84.9 Å². The second-order valence-corrected chi connectivity index (χ2v) is 8.20. The van der Waals surface area contributed by atoms with Gasteiger partial charge >= 0.3 is 0 Å². The van der Waals surface area contributed by atoms with Crippen LogP contribution < -0.4 is 20.1 Å². The maximum atomic E-state index is 12.6. The van der Waals surface area contributed by atoms with Crippen molar-refractivity contribution in [2.24, 2.45) is 0 Å². The monoisotopic (exact) mass is 494 g/mol. The van der Waals surface area contributed by atoms with Gasteiger partial charge in [-0.1, -0.05) is 47.5 Å². The van der Waals surface area contributed by atoms with E-state index in [1.165, 1.54) is 0 Å². The van der Waals surface area contributed by atoms with Crippen LogP contribution in [0.3, 0.4) is 0 Å². The number of hydrogen-bond donors (Lipinski definition) is 2. The smallest absolute Gasteiger partial charge is 0.262 e. The molecule has 0 heterocycles. The third kappa shape index (κ3) is 6.41. The molecule has 34 heavy (non-hydrogen) atoms. The first kappa shape index (κ1) is 23.4. The van der Waals surface area contributed by atoms with Crippen molar-refractivity contribution in [3.05, 3.63) is 95.0 Å². The highest BCUT2D eigenvalue weighted by atomic mass is 35.5. The summed E-state index contributed by atoms with van der Waals surface area (Å²) >= 11 is 11.7. The number of anilines is 2. The van der Waals surface area contributed by atoms with Gasteiger partial charge in [0.25, 0.3) is 11.8 Å². The van der Waals surface area contributed by atoms with Crippen LogP contribution in [0.4, 0.5) is 11.4 Å². The number of amides is 2. The Labute approximate surface area is 206 Å². The zero-order chi connectivity index (χ0) is 23.9. The molecule has 4 rings (SSSR count). The van der Waals surface area contributed by atoms with Crippen molar-refractivity contribution in [1.29, 1.82) is 0 Å². The molecule has 0 aromatic heterocycles. The van der Waals surface area contributed by atoms with E-state index in [9.17, 15) is 9.59 Å². The largest absolute Gasteiger partial charge is 0.484 e. The predicted octanol–water partition coefficient (Wildman–Crippen LogP) is 6.18. The standard InChI is InChI=1S/C26H20Cl2N2O4/c27-19-5-9-21(10-6-19)33-15-25(31)29-23-13-17-3-1-2-4-18(17)14-24(23)30-26(32)16-34-22-11-7-20(28)8-12-22/h1-14H,15-16H2,(H,29,31)(H,30,32). The summed E-state index contributed by atoms with van der Waals surface area (Å²) in [6, 6.07) is 24.7. The minimum atomic E-state index is -0.377. The Morgan fingerprint density at radius 2 is 1.00 bits per heavy atom. The van der Waals surface area contributed by atoms with Gasteiger partial charge in [-0.3, -0.25) is 9.59 Å². The van der Waals surface area contributed by atoms with Crippen LogP contribution in [0.1, 0.15) is 0 Å². The molecule has 4 aromatic rings. The lowest BCUT2D eigenvalue weighted by Crippen LogP contribution is -2.23. The maximum Gasteiger partial charge on any atom is 0.262 e. The number of carbonyl (C=O) groups excluding carboxylic acids is 2. The van der Waals surface area contributed by atoms with E-state index in [1.54, 1.807) is 60.7 Å². The molecule has 6 nitrogen and oxygen atoms in total. The van der Waals surface area contributed by atoms with Gasteiger partial charge in [-0.05, 0) is 71.4 Å². The Hall–Kier alpha value is -3.74. The summed E-state index contributed by atoms with van der Waals surface area (Å²) in [7, 11) is 0. The van der Waals surface area contributed by atoms with Crippen LogP contribution in [-0.2, 0) is 9.59 Å². The van der Waals surface area contributed by atoms with E-state index >= 15 is 0 Å². The molecular weight excluding hydrogens is 475 g/mol. The van der Waals surface area contributed by atoms with E-state index in [1.807, 2.05) is 24.3 Å². The van der Waals surface area contributed by atoms with Crippen LogP contribution in [0.25, 0.3) is 10.8 Å². The molecular formula is C26H20Cl2N2O4. The molecule has 0 bridgehead atoms. The van der Waals surface area contributed by atoms with Crippen LogP contribution in [0, 0.1) is 0 Å². The molecule has 2 N–H and O–H groups in total. The molecule has 172 valence electrons. The minimum Gasteiger partial charge on any atom is -0.484 e. The lowest BCUT2D eigenvalue weighted by atomic mass is 10.1. The molecule has 4 aromatic carbocycles. The fourth-order valence-corrected chi connectivity index (χ4v) is 3.43. The lowest BCUT2D eigenvalue weighted by molar-refractivity contribution is -0.119. The summed E-state index contributed by atoms with van der Waals surface area (Å²) in [6.45, 7) is -0.414. The van der Waals surface area contributed by atoms with Crippen molar-refractivity contribution < 1.29 is 19.1 Å². The van der Waals surface area contributed by atoms with Crippen molar-refractivity contribution >= 4 is 57.2 Å². The lowest BCUT2D eigenvalue weighted by Gasteiger charge is -2.15. The van der Waals surface area contributed by atoms with Gasteiger partial charge < -0.3 is 20.1 Å². The van der Waals surface area contributed by atoms with E-state index in [0.717, 1.165) is 10.8 Å². The topological polar surface area (TPSA) is 76.7 Å². The maximum absolute atomic E-state index is 12.6. The zero-order valence-electron chi connectivity index (χ0n) is 17.9. The Bertz CT molecular complexity index is 1210. The summed E-state index contributed by atoms with van der Waals surface area (Å²) in [6.07, 6.45) is 0. The third-order valence-electron chi connectivity index (χ3n) is 4.80. The molecule has 2 amide bonds. The van der Waals surface area contributed by atoms with E-state index in [0.29, 0.717) is 32.9 Å². The molecule has 0 fully saturated rings. The second kappa shape index (κ2) is 10.9. The molecule has 0 aliphatic rings. The third-order valence-corrected chi connectivity index (χ3v) is 5.31. The van der Waals surface area contributed by atoms with E-state index < -0.39 is 0 Å². The van der Waals surface area contributed by atoms with Crippen molar-refractivity contribution in [1.82, 2.24) is 0 Å². The van der Waals surface area contributed by atoms with Crippen molar-refractivity contribution in [3.8, 4) is 11.5 Å². The van der Waals surface area contributed by atoms with E-state index in [2.05, 4.69) is 10.6 Å². The van der Waals surface area contributed by atoms with Crippen LogP contribution in [0.2, 0.25) is 10.0 Å². The highest BCUT2D eigenvalue weighted by molar-refractivity contribution is 6.30. The first-order chi connectivity index (χ1) is 16.5. The number of benzene rings is 4. The highest BCUT2D eigenvalue weighted by Crippen LogP contribution is 2.29. The first-order valence-corrected chi connectivity index (χ1v) is 11.1.